The van der Waals surface area contributed by atoms with Gasteiger partial charge in [-0.1, -0.05) is 40.9 Å². The monoisotopic (exact) mass is 309 g/mol. The van der Waals surface area contributed by atoms with Crippen LogP contribution in [0.2, 0.25) is 10.0 Å². The molecule has 0 saturated carbocycles. The molecular formula is C15H13Cl2NO2. The Morgan fingerprint density at radius 3 is 2.25 bits per heavy atom. The van der Waals surface area contributed by atoms with Gasteiger partial charge in [-0.3, -0.25) is 4.79 Å². The molecule has 0 radical (unpaired) electrons. The second-order valence-corrected chi connectivity index (χ2v) is 5.07. The highest BCUT2D eigenvalue weighted by molar-refractivity contribution is 6.37. The molecule has 1 N–H and O–H groups in total. The van der Waals surface area contributed by atoms with E-state index in [2.05, 4.69) is 5.32 Å². The van der Waals surface area contributed by atoms with Crippen molar-refractivity contribution in [2.75, 3.05) is 12.4 Å². The third-order valence-corrected chi connectivity index (χ3v) is 3.41. The normalized spacial score (nSPS) is 10.2. The number of ether oxygens (including phenoxy) is 1. The molecule has 0 fully saturated rings. The Hall–Kier alpha value is -1.71. The average Bonchev–Trinajstić information content (AvgIpc) is 2.43. The summed E-state index contributed by atoms with van der Waals surface area (Å²) < 4.78 is 5.16. The predicted octanol–water partition coefficient (Wildman–Crippen LogP) is 4.56. The molecule has 0 bridgehead atoms. The molecule has 0 unspecified atom stereocenters. The van der Waals surface area contributed by atoms with Crippen molar-refractivity contribution in [3.05, 3.63) is 57.6 Å². The zero-order valence-corrected chi connectivity index (χ0v) is 12.5. The quantitative estimate of drug-likeness (QED) is 0.902. The molecule has 2 rings (SSSR count). The van der Waals surface area contributed by atoms with Crippen LogP contribution in [-0.2, 0) is 0 Å². The lowest BCUT2D eigenvalue weighted by atomic mass is 10.1. The molecule has 20 heavy (non-hydrogen) atoms. The number of anilines is 1. The van der Waals surface area contributed by atoms with Crippen molar-refractivity contribution in [3.63, 3.8) is 0 Å². The minimum atomic E-state index is -0.363. The Balaban J connectivity index is 2.34. The number of carbonyl (C=O) groups excluding carboxylic acids is 1. The van der Waals surface area contributed by atoms with Crippen molar-refractivity contribution < 1.29 is 9.53 Å². The maximum absolute atomic E-state index is 12.3. The maximum atomic E-state index is 12.3. The van der Waals surface area contributed by atoms with Gasteiger partial charge < -0.3 is 10.1 Å². The van der Waals surface area contributed by atoms with E-state index >= 15 is 0 Å². The van der Waals surface area contributed by atoms with Gasteiger partial charge in [0.1, 0.15) is 5.56 Å². The highest BCUT2D eigenvalue weighted by Gasteiger charge is 2.19. The van der Waals surface area contributed by atoms with E-state index in [1.54, 1.807) is 12.1 Å². The Morgan fingerprint density at radius 2 is 1.65 bits per heavy atom. The molecule has 1 amide bonds. The summed E-state index contributed by atoms with van der Waals surface area (Å²) in [5, 5.41) is 3.39. The lowest BCUT2D eigenvalue weighted by molar-refractivity contribution is 0.102. The van der Waals surface area contributed by atoms with Crippen LogP contribution in [0.15, 0.2) is 36.4 Å². The van der Waals surface area contributed by atoms with Gasteiger partial charge in [0.25, 0.3) is 5.91 Å². The lowest BCUT2D eigenvalue weighted by Crippen LogP contribution is -2.14. The number of amides is 1. The Labute approximate surface area is 127 Å². The first-order chi connectivity index (χ1) is 9.52. The van der Waals surface area contributed by atoms with E-state index in [1.165, 1.54) is 7.11 Å². The van der Waals surface area contributed by atoms with Crippen molar-refractivity contribution in [1.29, 1.82) is 0 Å². The standard InChI is InChI=1S/C15H13Cl2NO2/c1-9-3-5-10(6-4-9)18-15(19)13-11(16)7-8-12(17)14(13)20-2/h3-8H,1-2H3,(H,18,19). The highest BCUT2D eigenvalue weighted by Crippen LogP contribution is 2.34. The fourth-order valence-corrected chi connectivity index (χ4v) is 2.24. The summed E-state index contributed by atoms with van der Waals surface area (Å²) in [5.41, 5.74) is 2.02. The number of hydrogen-bond acceptors (Lipinski definition) is 2. The van der Waals surface area contributed by atoms with Gasteiger partial charge in [0, 0.05) is 5.69 Å². The lowest BCUT2D eigenvalue weighted by Gasteiger charge is -2.12. The summed E-state index contributed by atoms with van der Waals surface area (Å²) in [4.78, 5) is 12.3. The molecule has 2 aromatic rings. The van der Waals surface area contributed by atoms with E-state index in [1.807, 2.05) is 31.2 Å². The molecule has 0 heterocycles. The predicted molar refractivity (Wildman–Crippen MR) is 82.1 cm³/mol. The van der Waals surface area contributed by atoms with E-state index < -0.39 is 0 Å². The molecule has 5 heteroatoms. The third-order valence-electron chi connectivity index (χ3n) is 2.80. The van der Waals surface area contributed by atoms with E-state index in [4.69, 9.17) is 27.9 Å². The SMILES string of the molecule is COc1c(Cl)ccc(Cl)c1C(=O)Nc1ccc(C)cc1. The van der Waals surface area contributed by atoms with Crippen LogP contribution >= 0.6 is 23.2 Å². The molecule has 2 aromatic carbocycles. The molecule has 3 nitrogen and oxygen atoms in total. The fourth-order valence-electron chi connectivity index (χ4n) is 1.77. The van der Waals surface area contributed by atoms with Crippen LogP contribution in [0, 0.1) is 6.92 Å². The van der Waals surface area contributed by atoms with Crippen LogP contribution in [0.1, 0.15) is 15.9 Å². The van der Waals surface area contributed by atoms with Crippen LogP contribution in [-0.4, -0.2) is 13.0 Å². The molecule has 104 valence electrons. The number of benzene rings is 2. The van der Waals surface area contributed by atoms with E-state index in [-0.39, 0.29) is 22.2 Å². The number of aryl methyl sites for hydroxylation is 1. The molecule has 0 aliphatic rings. The minimum absolute atomic E-state index is 0.224. The van der Waals surface area contributed by atoms with Crippen molar-refractivity contribution in [2.45, 2.75) is 6.92 Å². The van der Waals surface area contributed by atoms with Gasteiger partial charge in [0.2, 0.25) is 0 Å². The van der Waals surface area contributed by atoms with Crippen LogP contribution in [0.4, 0.5) is 5.69 Å². The van der Waals surface area contributed by atoms with Crippen LogP contribution in [0.3, 0.4) is 0 Å². The minimum Gasteiger partial charge on any atom is -0.494 e. The van der Waals surface area contributed by atoms with Gasteiger partial charge in [0.15, 0.2) is 5.75 Å². The van der Waals surface area contributed by atoms with Crippen molar-refractivity contribution >= 4 is 34.8 Å². The number of rotatable bonds is 3. The molecule has 0 spiro atoms. The van der Waals surface area contributed by atoms with Crippen LogP contribution in [0.25, 0.3) is 0 Å². The summed E-state index contributed by atoms with van der Waals surface area (Å²) in [6, 6.07) is 10.6. The van der Waals surface area contributed by atoms with Gasteiger partial charge >= 0.3 is 0 Å². The number of carbonyl (C=O) groups is 1. The van der Waals surface area contributed by atoms with Crippen LogP contribution < -0.4 is 10.1 Å². The van der Waals surface area contributed by atoms with E-state index in [0.29, 0.717) is 10.7 Å². The van der Waals surface area contributed by atoms with E-state index in [0.717, 1.165) is 5.56 Å². The average molecular weight is 310 g/mol. The van der Waals surface area contributed by atoms with Crippen molar-refractivity contribution in [1.82, 2.24) is 0 Å². The first kappa shape index (κ1) is 14.7. The number of hydrogen-bond donors (Lipinski definition) is 1. The van der Waals surface area contributed by atoms with Gasteiger partial charge in [-0.15, -0.1) is 0 Å². The summed E-state index contributed by atoms with van der Waals surface area (Å²) in [6.45, 7) is 1.97. The third kappa shape index (κ3) is 3.06. The first-order valence-electron chi connectivity index (χ1n) is 5.93. The smallest absolute Gasteiger partial charge is 0.261 e. The van der Waals surface area contributed by atoms with Crippen molar-refractivity contribution in [3.8, 4) is 5.75 Å². The maximum Gasteiger partial charge on any atom is 0.261 e. The largest absolute Gasteiger partial charge is 0.494 e. The van der Waals surface area contributed by atoms with Gasteiger partial charge in [0.05, 0.1) is 17.2 Å². The molecule has 0 saturated heterocycles. The number of methoxy groups -OCH3 is 1. The fraction of sp³-hybridized carbons (Fsp3) is 0.133. The summed E-state index contributed by atoms with van der Waals surface area (Å²) in [5.74, 6) is -0.0954. The first-order valence-corrected chi connectivity index (χ1v) is 6.68. The summed E-state index contributed by atoms with van der Waals surface area (Å²) in [6.07, 6.45) is 0. The zero-order chi connectivity index (χ0) is 14.7. The van der Waals surface area contributed by atoms with E-state index in [9.17, 15) is 4.79 Å². The molecular weight excluding hydrogens is 297 g/mol. The molecule has 0 aliphatic carbocycles. The Morgan fingerprint density at radius 1 is 1.05 bits per heavy atom. The van der Waals surface area contributed by atoms with Crippen LogP contribution in [0.5, 0.6) is 5.75 Å². The van der Waals surface area contributed by atoms with Gasteiger partial charge in [-0.2, -0.15) is 0 Å². The highest BCUT2D eigenvalue weighted by atomic mass is 35.5. The Bertz CT molecular complexity index is 639. The number of nitrogens with one attached hydrogen (secondary N) is 1. The second-order valence-electron chi connectivity index (χ2n) is 4.26. The Kier molecular flexibility index (Phi) is 4.53. The van der Waals surface area contributed by atoms with Gasteiger partial charge in [-0.25, -0.2) is 0 Å². The molecule has 0 aromatic heterocycles. The zero-order valence-electron chi connectivity index (χ0n) is 11.0. The number of halogens is 2. The molecule has 0 aliphatic heterocycles. The molecule has 0 atom stereocenters. The summed E-state index contributed by atoms with van der Waals surface area (Å²) >= 11 is 12.1. The van der Waals surface area contributed by atoms with Gasteiger partial charge in [-0.05, 0) is 31.2 Å². The topological polar surface area (TPSA) is 38.3 Å². The van der Waals surface area contributed by atoms with Crippen molar-refractivity contribution in [2.24, 2.45) is 0 Å². The summed E-state index contributed by atoms with van der Waals surface area (Å²) in [7, 11) is 1.44. The second kappa shape index (κ2) is 6.16.